The van der Waals surface area contributed by atoms with Crippen LogP contribution < -0.4 is 5.32 Å². The maximum atomic E-state index is 14.2. The molecule has 0 aliphatic carbocycles. The largest absolute Gasteiger partial charge is 0.309 e. The second kappa shape index (κ2) is 7.66. The van der Waals surface area contributed by atoms with E-state index in [0.29, 0.717) is 17.4 Å². The molecule has 0 saturated heterocycles. The van der Waals surface area contributed by atoms with Crippen molar-refractivity contribution in [1.82, 2.24) is 5.32 Å². The minimum Gasteiger partial charge on any atom is -0.309 e. The first kappa shape index (κ1) is 16.1. The summed E-state index contributed by atoms with van der Waals surface area (Å²) in [6.45, 7) is 2.74. The first-order valence-electron chi connectivity index (χ1n) is 7.03. The molecular weight excluding hydrogens is 336 g/mol. The maximum absolute atomic E-state index is 14.2. The minimum absolute atomic E-state index is 0.107. The summed E-state index contributed by atoms with van der Waals surface area (Å²) in [5.41, 5.74) is 1.16. The fourth-order valence-corrected chi connectivity index (χ4v) is 2.73. The van der Waals surface area contributed by atoms with Crippen LogP contribution >= 0.6 is 15.9 Å². The van der Waals surface area contributed by atoms with Crippen molar-refractivity contribution in [3.8, 4) is 0 Å². The van der Waals surface area contributed by atoms with Crippen LogP contribution in [-0.4, -0.2) is 6.54 Å². The van der Waals surface area contributed by atoms with Gasteiger partial charge in [0.1, 0.15) is 11.6 Å². The molecule has 1 N–H and O–H groups in total. The van der Waals surface area contributed by atoms with Crippen LogP contribution in [0.4, 0.5) is 8.78 Å². The van der Waals surface area contributed by atoms with Crippen molar-refractivity contribution < 1.29 is 8.78 Å². The Bertz CT molecular complexity index is 564. The molecule has 21 heavy (non-hydrogen) atoms. The van der Waals surface area contributed by atoms with Gasteiger partial charge < -0.3 is 5.32 Å². The molecule has 0 spiro atoms. The van der Waals surface area contributed by atoms with E-state index in [4.69, 9.17) is 0 Å². The lowest BCUT2D eigenvalue weighted by molar-refractivity contribution is 0.464. The molecule has 0 heterocycles. The molecule has 1 nitrogen and oxygen atoms in total. The quantitative estimate of drug-likeness (QED) is 0.769. The van der Waals surface area contributed by atoms with E-state index in [0.717, 1.165) is 12.0 Å². The van der Waals surface area contributed by atoms with Gasteiger partial charge in [-0.1, -0.05) is 53.2 Å². The minimum atomic E-state index is -0.522. The highest BCUT2D eigenvalue weighted by Crippen LogP contribution is 2.27. The van der Waals surface area contributed by atoms with Crippen LogP contribution in [0.1, 0.15) is 30.5 Å². The van der Waals surface area contributed by atoms with Gasteiger partial charge in [-0.05, 0) is 37.1 Å². The summed E-state index contributed by atoms with van der Waals surface area (Å²) in [7, 11) is 0. The zero-order valence-electron chi connectivity index (χ0n) is 11.9. The van der Waals surface area contributed by atoms with Crippen LogP contribution in [0, 0.1) is 11.6 Å². The molecule has 2 rings (SSSR count). The summed E-state index contributed by atoms with van der Waals surface area (Å²) < 4.78 is 28.8. The molecule has 0 saturated carbocycles. The number of hydrogen-bond donors (Lipinski definition) is 1. The number of halogens is 3. The summed E-state index contributed by atoms with van der Waals surface area (Å²) in [4.78, 5) is 0. The van der Waals surface area contributed by atoms with Crippen molar-refractivity contribution in [2.24, 2.45) is 0 Å². The molecule has 0 amide bonds. The van der Waals surface area contributed by atoms with Crippen LogP contribution in [0.2, 0.25) is 0 Å². The van der Waals surface area contributed by atoms with Crippen LogP contribution in [0.25, 0.3) is 0 Å². The molecule has 0 fully saturated rings. The molecule has 2 aromatic rings. The van der Waals surface area contributed by atoms with E-state index in [1.54, 1.807) is 0 Å². The normalized spacial score (nSPS) is 12.4. The summed E-state index contributed by atoms with van der Waals surface area (Å²) in [6.07, 6.45) is 1.46. The predicted molar refractivity (Wildman–Crippen MR) is 85.2 cm³/mol. The van der Waals surface area contributed by atoms with Crippen LogP contribution in [-0.2, 0) is 6.42 Å². The van der Waals surface area contributed by atoms with Gasteiger partial charge in [-0.2, -0.15) is 0 Å². The molecule has 0 aliphatic rings. The summed E-state index contributed by atoms with van der Waals surface area (Å²) in [5, 5.41) is 3.24. The Morgan fingerprint density at radius 1 is 1.10 bits per heavy atom. The van der Waals surface area contributed by atoms with Gasteiger partial charge in [-0.25, -0.2) is 8.78 Å². The fourth-order valence-electron chi connectivity index (χ4n) is 2.33. The van der Waals surface area contributed by atoms with Crippen LogP contribution in [0.3, 0.4) is 0 Å². The van der Waals surface area contributed by atoms with Crippen LogP contribution in [0.5, 0.6) is 0 Å². The Balaban J connectivity index is 2.32. The van der Waals surface area contributed by atoms with E-state index in [2.05, 4.69) is 21.2 Å². The SMILES string of the molecule is CCCNC(Cc1ccccc1)c1c(F)cc(Br)cc1F. The molecule has 1 unspecified atom stereocenters. The topological polar surface area (TPSA) is 12.0 Å². The highest BCUT2D eigenvalue weighted by molar-refractivity contribution is 9.10. The summed E-state index contributed by atoms with van der Waals surface area (Å²) in [6, 6.07) is 12.0. The van der Waals surface area contributed by atoms with Gasteiger partial charge in [0.25, 0.3) is 0 Å². The lowest BCUT2D eigenvalue weighted by Gasteiger charge is -2.20. The molecule has 0 aromatic heterocycles. The average Bonchev–Trinajstić information content (AvgIpc) is 2.44. The van der Waals surface area contributed by atoms with Crippen molar-refractivity contribution in [3.05, 3.63) is 69.7 Å². The highest BCUT2D eigenvalue weighted by Gasteiger charge is 2.20. The third-order valence-electron chi connectivity index (χ3n) is 3.32. The Morgan fingerprint density at radius 3 is 2.29 bits per heavy atom. The van der Waals surface area contributed by atoms with Gasteiger partial charge in [0.2, 0.25) is 0 Å². The number of nitrogens with one attached hydrogen (secondary N) is 1. The second-order valence-corrected chi connectivity index (χ2v) is 5.90. The molecule has 4 heteroatoms. The standard InChI is InChI=1S/C17H18BrF2N/c1-2-8-21-16(9-12-6-4-3-5-7-12)17-14(19)10-13(18)11-15(17)20/h3-7,10-11,16,21H,2,8-9H2,1H3. The van der Waals surface area contributed by atoms with E-state index in [1.165, 1.54) is 12.1 Å². The second-order valence-electron chi connectivity index (χ2n) is 4.98. The van der Waals surface area contributed by atoms with Gasteiger partial charge in [0.05, 0.1) is 0 Å². The van der Waals surface area contributed by atoms with Crippen molar-refractivity contribution in [2.45, 2.75) is 25.8 Å². The smallest absolute Gasteiger partial charge is 0.132 e. The zero-order valence-corrected chi connectivity index (χ0v) is 13.5. The molecule has 112 valence electrons. The summed E-state index contributed by atoms with van der Waals surface area (Å²) in [5.74, 6) is -1.04. The van der Waals surface area contributed by atoms with Gasteiger partial charge >= 0.3 is 0 Å². The molecular formula is C17H18BrF2N. The Kier molecular flexibility index (Phi) is 5.88. The molecule has 1 atom stereocenters. The molecule has 2 aromatic carbocycles. The predicted octanol–water partition coefficient (Wildman–Crippen LogP) is 5.01. The fraction of sp³-hybridized carbons (Fsp3) is 0.294. The lowest BCUT2D eigenvalue weighted by Crippen LogP contribution is -2.26. The first-order chi connectivity index (χ1) is 10.1. The van der Waals surface area contributed by atoms with Gasteiger partial charge in [-0.3, -0.25) is 0 Å². The third kappa shape index (κ3) is 4.35. The van der Waals surface area contributed by atoms with Gasteiger partial charge in [-0.15, -0.1) is 0 Å². The Hall–Kier alpha value is -1.26. The van der Waals surface area contributed by atoms with Gasteiger partial charge in [0, 0.05) is 16.1 Å². The summed E-state index contributed by atoms with van der Waals surface area (Å²) >= 11 is 3.12. The number of hydrogen-bond acceptors (Lipinski definition) is 1. The zero-order chi connectivity index (χ0) is 15.2. The van der Waals surface area contributed by atoms with Crippen molar-refractivity contribution in [2.75, 3.05) is 6.54 Å². The van der Waals surface area contributed by atoms with E-state index in [-0.39, 0.29) is 11.6 Å². The van der Waals surface area contributed by atoms with Crippen LogP contribution in [0.15, 0.2) is 46.9 Å². The highest BCUT2D eigenvalue weighted by atomic mass is 79.9. The first-order valence-corrected chi connectivity index (χ1v) is 7.83. The third-order valence-corrected chi connectivity index (χ3v) is 3.77. The van der Waals surface area contributed by atoms with E-state index in [1.807, 2.05) is 37.3 Å². The number of rotatable bonds is 6. The lowest BCUT2D eigenvalue weighted by atomic mass is 9.97. The average molecular weight is 354 g/mol. The molecule has 0 bridgehead atoms. The molecule has 0 aliphatic heterocycles. The molecule has 0 radical (unpaired) electrons. The Morgan fingerprint density at radius 2 is 1.71 bits per heavy atom. The van der Waals surface area contributed by atoms with Crippen molar-refractivity contribution in [3.63, 3.8) is 0 Å². The monoisotopic (exact) mass is 353 g/mol. The van der Waals surface area contributed by atoms with E-state index >= 15 is 0 Å². The maximum Gasteiger partial charge on any atom is 0.132 e. The van der Waals surface area contributed by atoms with E-state index < -0.39 is 11.6 Å². The van der Waals surface area contributed by atoms with Crippen molar-refractivity contribution >= 4 is 15.9 Å². The number of benzene rings is 2. The Labute approximate surface area is 132 Å². The van der Waals surface area contributed by atoms with Gasteiger partial charge in [0.15, 0.2) is 0 Å². The van der Waals surface area contributed by atoms with E-state index in [9.17, 15) is 8.78 Å². The van der Waals surface area contributed by atoms with Crippen molar-refractivity contribution in [1.29, 1.82) is 0 Å².